The molecule has 134 valence electrons. The summed E-state index contributed by atoms with van der Waals surface area (Å²) in [5, 5.41) is -0.415. The molecule has 0 amide bonds. The number of aryl methyl sites for hydroxylation is 3. The molecule has 3 rings (SSSR count). The molecule has 2 atom stereocenters. The van der Waals surface area contributed by atoms with Gasteiger partial charge in [-0.15, -0.1) is 0 Å². The van der Waals surface area contributed by atoms with Crippen LogP contribution in [0.5, 0.6) is 0 Å². The Morgan fingerprint density at radius 3 is 1.79 bits per heavy atom. The maximum Gasteiger partial charge on any atom is 0.244 e. The fraction of sp³-hybridized carbons (Fsp3) is 0.647. The Morgan fingerprint density at radius 1 is 0.917 bits per heavy atom. The van der Waals surface area contributed by atoms with Gasteiger partial charge in [0, 0.05) is 18.3 Å². The number of sulfonamides is 1. The van der Waals surface area contributed by atoms with Crippen molar-refractivity contribution < 1.29 is 16.8 Å². The molecule has 1 aromatic rings. The molecule has 2 aliphatic heterocycles. The third-order valence-electron chi connectivity index (χ3n) is 5.37. The van der Waals surface area contributed by atoms with E-state index in [0.29, 0.717) is 17.7 Å². The van der Waals surface area contributed by atoms with Crippen LogP contribution in [0.1, 0.15) is 42.4 Å². The van der Waals surface area contributed by atoms with E-state index in [2.05, 4.69) is 0 Å². The van der Waals surface area contributed by atoms with Crippen molar-refractivity contribution in [3.05, 3.63) is 28.8 Å². The van der Waals surface area contributed by atoms with Crippen LogP contribution in [0.4, 0.5) is 0 Å². The monoisotopic (exact) mass is 371 g/mol. The molecule has 24 heavy (non-hydrogen) atoms. The van der Waals surface area contributed by atoms with Crippen LogP contribution in [0.3, 0.4) is 0 Å². The van der Waals surface area contributed by atoms with Crippen LogP contribution < -0.4 is 0 Å². The highest BCUT2D eigenvalue weighted by Crippen LogP contribution is 2.42. The van der Waals surface area contributed by atoms with E-state index < -0.39 is 25.1 Å². The zero-order chi connectivity index (χ0) is 17.9. The van der Waals surface area contributed by atoms with Crippen LogP contribution >= 0.6 is 0 Å². The first kappa shape index (κ1) is 17.9. The van der Waals surface area contributed by atoms with Gasteiger partial charge in [0.25, 0.3) is 0 Å². The molecule has 2 aliphatic rings. The molecular weight excluding hydrogens is 346 g/mol. The molecule has 1 aromatic carbocycles. The number of nitrogens with zero attached hydrogens (tertiary/aromatic N) is 1. The number of hydrogen-bond donors (Lipinski definition) is 0. The highest BCUT2D eigenvalue weighted by atomic mass is 32.2. The summed E-state index contributed by atoms with van der Waals surface area (Å²) < 4.78 is 52.1. The second-order valence-corrected chi connectivity index (χ2v) is 11.5. The van der Waals surface area contributed by atoms with Crippen molar-refractivity contribution in [2.75, 3.05) is 6.26 Å². The topological polar surface area (TPSA) is 71.5 Å². The molecule has 2 fully saturated rings. The van der Waals surface area contributed by atoms with Gasteiger partial charge >= 0.3 is 0 Å². The third kappa shape index (κ3) is 2.91. The Bertz CT molecular complexity index is 837. The Morgan fingerprint density at radius 2 is 1.38 bits per heavy atom. The van der Waals surface area contributed by atoms with Gasteiger partial charge in [0.05, 0.1) is 10.1 Å². The smallest absolute Gasteiger partial charge is 0.229 e. The van der Waals surface area contributed by atoms with Crippen LogP contribution in [0.15, 0.2) is 17.0 Å². The number of benzene rings is 1. The number of sulfone groups is 1. The molecular formula is C17H25NO4S2. The van der Waals surface area contributed by atoms with Gasteiger partial charge in [-0.2, -0.15) is 4.31 Å². The molecule has 0 N–H and O–H groups in total. The van der Waals surface area contributed by atoms with Crippen molar-refractivity contribution in [1.29, 1.82) is 0 Å². The molecule has 2 unspecified atom stereocenters. The van der Waals surface area contributed by atoms with Gasteiger partial charge in [0.1, 0.15) is 9.84 Å². The molecule has 0 saturated carbocycles. The van der Waals surface area contributed by atoms with E-state index >= 15 is 0 Å². The first-order valence-corrected chi connectivity index (χ1v) is 11.7. The van der Waals surface area contributed by atoms with E-state index in [0.717, 1.165) is 29.5 Å². The largest absolute Gasteiger partial charge is 0.244 e. The van der Waals surface area contributed by atoms with Gasteiger partial charge in [0.15, 0.2) is 0 Å². The molecule has 2 heterocycles. The summed E-state index contributed by atoms with van der Waals surface area (Å²) in [6.07, 6.45) is 3.59. The molecule has 0 aromatic heterocycles. The quantitative estimate of drug-likeness (QED) is 0.818. The Labute approximate surface area is 145 Å². The highest BCUT2D eigenvalue weighted by molar-refractivity contribution is 7.91. The van der Waals surface area contributed by atoms with Gasteiger partial charge in [-0.3, -0.25) is 0 Å². The minimum absolute atomic E-state index is 0.200. The minimum atomic E-state index is -3.61. The molecule has 2 bridgehead atoms. The summed E-state index contributed by atoms with van der Waals surface area (Å²) in [6.45, 7) is 5.62. The molecule has 7 heteroatoms. The second-order valence-electron chi connectivity index (χ2n) is 7.37. The summed E-state index contributed by atoms with van der Waals surface area (Å²) in [6, 6.07) is 3.39. The summed E-state index contributed by atoms with van der Waals surface area (Å²) in [7, 11) is -6.74. The number of piperidine rings is 1. The van der Waals surface area contributed by atoms with E-state index in [-0.39, 0.29) is 12.1 Å². The first-order chi connectivity index (χ1) is 11.0. The highest BCUT2D eigenvalue weighted by Gasteiger charge is 2.49. The molecule has 5 nitrogen and oxygen atoms in total. The molecule has 2 saturated heterocycles. The fourth-order valence-electron chi connectivity index (χ4n) is 4.51. The van der Waals surface area contributed by atoms with Crippen molar-refractivity contribution in [3.63, 3.8) is 0 Å². The summed E-state index contributed by atoms with van der Waals surface area (Å²) in [5.74, 6) is 0. The lowest BCUT2D eigenvalue weighted by atomic mass is 10.1. The van der Waals surface area contributed by atoms with E-state index in [4.69, 9.17) is 0 Å². The van der Waals surface area contributed by atoms with Crippen molar-refractivity contribution in [3.8, 4) is 0 Å². The van der Waals surface area contributed by atoms with Crippen LogP contribution in [0.25, 0.3) is 0 Å². The van der Waals surface area contributed by atoms with Crippen LogP contribution in [-0.4, -0.2) is 44.7 Å². The number of fused-ring (bicyclic) bond motifs is 2. The first-order valence-electron chi connectivity index (χ1n) is 8.32. The van der Waals surface area contributed by atoms with Crippen LogP contribution in [0.2, 0.25) is 0 Å². The number of rotatable bonds is 3. The van der Waals surface area contributed by atoms with Crippen molar-refractivity contribution in [2.24, 2.45) is 0 Å². The summed E-state index contributed by atoms with van der Waals surface area (Å²) in [5.41, 5.74) is 2.57. The third-order valence-corrected chi connectivity index (χ3v) is 9.28. The zero-order valence-corrected chi connectivity index (χ0v) is 16.2. The lowest BCUT2D eigenvalue weighted by Crippen LogP contribution is -2.49. The zero-order valence-electron chi connectivity index (χ0n) is 14.6. The average Bonchev–Trinajstić information content (AvgIpc) is 2.68. The Balaban J connectivity index is 2.01. The van der Waals surface area contributed by atoms with Crippen LogP contribution in [-0.2, 0) is 19.9 Å². The molecule has 0 spiro atoms. The Kier molecular flexibility index (Phi) is 4.33. The number of hydrogen-bond acceptors (Lipinski definition) is 4. The van der Waals surface area contributed by atoms with Gasteiger partial charge in [-0.1, -0.05) is 17.7 Å². The van der Waals surface area contributed by atoms with Crippen molar-refractivity contribution in [1.82, 2.24) is 4.31 Å². The second kappa shape index (κ2) is 5.81. The maximum atomic E-state index is 13.3. The standard InChI is InChI=1S/C17H25NO4S2/c1-11-7-12(2)17(13(3)8-11)24(21,22)18-14-5-6-15(18)10-16(9-14)23(4,19)20/h7-8,14-16H,5-6,9-10H2,1-4H3. The van der Waals surface area contributed by atoms with Gasteiger partial charge in [0.2, 0.25) is 10.0 Å². The van der Waals surface area contributed by atoms with Crippen molar-refractivity contribution in [2.45, 2.75) is 68.7 Å². The van der Waals surface area contributed by atoms with E-state index in [1.165, 1.54) is 6.26 Å². The lowest BCUT2D eigenvalue weighted by Gasteiger charge is -2.37. The van der Waals surface area contributed by atoms with E-state index in [9.17, 15) is 16.8 Å². The predicted molar refractivity (Wildman–Crippen MR) is 94.4 cm³/mol. The summed E-state index contributed by atoms with van der Waals surface area (Å²) in [4.78, 5) is 0.391. The maximum absolute atomic E-state index is 13.3. The van der Waals surface area contributed by atoms with Gasteiger partial charge < -0.3 is 0 Å². The van der Waals surface area contributed by atoms with Gasteiger partial charge in [-0.25, -0.2) is 16.8 Å². The van der Waals surface area contributed by atoms with Crippen LogP contribution in [0, 0.1) is 20.8 Å². The predicted octanol–water partition coefficient (Wildman–Crippen LogP) is 2.34. The molecule has 0 aliphatic carbocycles. The average molecular weight is 372 g/mol. The van der Waals surface area contributed by atoms with Crippen molar-refractivity contribution >= 4 is 19.9 Å². The molecule has 0 radical (unpaired) electrons. The normalized spacial score (nSPS) is 28.2. The van der Waals surface area contributed by atoms with Gasteiger partial charge in [-0.05, 0) is 57.6 Å². The Hall–Kier alpha value is -0.920. The van der Waals surface area contributed by atoms with E-state index in [1.54, 1.807) is 4.31 Å². The lowest BCUT2D eigenvalue weighted by molar-refractivity contribution is 0.249. The summed E-state index contributed by atoms with van der Waals surface area (Å²) >= 11 is 0. The SMILES string of the molecule is Cc1cc(C)c(S(=O)(=O)N2C3CCC2CC(S(C)(=O)=O)C3)c(C)c1. The van der Waals surface area contributed by atoms with E-state index in [1.807, 2.05) is 32.9 Å². The minimum Gasteiger partial charge on any atom is -0.229 e. The fourth-order valence-corrected chi connectivity index (χ4v) is 7.96.